The van der Waals surface area contributed by atoms with Crippen molar-refractivity contribution in [2.45, 2.75) is 59.7 Å². The van der Waals surface area contributed by atoms with Crippen LogP contribution in [0.5, 0.6) is 17.2 Å². The van der Waals surface area contributed by atoms with Crippen molar-refractivity contribution in [2.24, 2.45) is 15.0 Å². The highest BCUT2D eigenvalue weighted by Gasteiger charge is 2.11. The lowest BCUT2D eigenvalue weighted by atomic mass is 10.1. The number of phenols is 3. The van der Waals surface area contributed by atoms with E-state index in [4.69, 9.17) is 0 Å². The summed E-state index contributed by atoms with van der Waals surface area (Å²) in [7, 11) is 6.02. The lowest BCUT2D eigenvalue weighted by Gasteiger charge is -2.24. The summed E-state index contributed by atoms with van der Waals surface area (Å²) in [6, 6.07) is 17.9. The summed E-state index contributed by atoms with van der Waals surface area (Å²) >= 11 is 0. The highest BCUT2D eigenvalue weighted by molar-refractivity contribution is 5.85. The van der Waals surface area contributed by atoms with Crippen molar-refractivity contribution in [2.75, 3.05) is 75.1 Å². The van der Waals surface area contributed by atoms with E-state index in [1.54, 1.807) is 36.8 Å². The summed E-state index contributed by atoms with van der Waals surface area (Å²) in [6.45, 7) is 16.3. The smallest absolute Gasteiger partial charge is 0.126 e. The molecule has 0 unspecified atom stereocenters. The van der Waals surface area contributed by atoms with Crippen LogP contribution in [0.2, 0.25) is 0 Å². The summed E-state index contributed by atoms with van der Waals surface area (Å²) in [6.07, 6.45) is 5.15. The standard InChI is InChI=1S/C39H57N7O3/c1-28(2)43(7)34-13-10-31(37(47)22-34)25-40-16-19-46(20-17-41-26-32-11-14-35(23-38(32)48)44(8)29(3)4)21-18-42-27-33-12-15-36(24-39(33)49)45(9)30(5)6/h10-15,22-30,47-49H,16-21H2,1-9H3. The van der Waals surface area contributed by atoms with Crippen molar-refractivity contribution >= 4 is 35.7 Å². The Bertz CT molecular complexity index is 1380. The summed E-state index contributed by atoms with van der Waals surface area (Å²) in [5.74, 6) is 0.607. The van der Waals surface area contributed by atoms with Gasteiger partial charge in [-0.25, -0.2) is 0 Å². The third kappa shape index (κ3) is 11.8. The highest BCUT2D eigenvalue weighted by atomic mass is 16.3. The maximum atomic E-state index is 10.6. The third-order valence-electron chi connectivity index (χ3n) is 8.91. The Morgan fingerprint density at radius 3 is 0.980 bits per heavy atom. The van der Waals surface area contributed by atoms with Gasteiger partial charge in [-0.05, 0) is 77.9 Å². The Hall–Kier alpha value is -4.57. The fourth-order valence-electron chi connectivity index (χ4n) is 4.90. The van der Waals surface area contributed by atoms with Gasteiger partial charge in [-0.15, -0.1) is 0 Å². The molecule has 0 heterocycles. The van der Waals surface area contributed by atoms with E-state index in [1.807, 2.05) is 57.5 Å². The van der Waals surface area contributed by atoms with Gasteiger partial charge in [-0.2, -0.15) is 0 Å². The molecule has 10 heteroatoms. The number of nitrogens with zero attached hydrogens (tertiary/aromatic N) is 7. The Kier molecular flexibility index (Phi) is 14.9. The molecular formula is C39H57N7O3. The molecule has 0 saturated heterocycles. The van der Waals surface area contributed by atoms with Crippen molar-refractivity contribution in [1.82, 2.24) is 4.90 Å². The quantitative estimate of drug-likeness (QED) is 0.136. The first-order valence-electron chi connectivity index (χ1n) is 17.2. The van der Waals surface area contributed by atoms with Gasteiger partial charge < -0.3 is 30.0 Å². The van der Waals surface area contributed by atoms with Crippen LogP contribution in [0.4, 0.5) is 17.1 Å². The molecule has 3 aromatic carbocycles. The van der Waals surface area contributed by atoms with Crippen molar-refractivity contribution in [3.63, 3.8) is 0 Å². The molecule has 0 bridgehead atoms. The number of hydrogen-bond acceptors (Lipinski definition) is 10. The number of aliphatic imine (C=N–C) groups is 3. The summed E-state index contributed by atoms with van der Waals surface area (Å²) in [5, 5.41) is 31.7. The van der Waals surface area contributed by atoms with Gasteiger partial charge in [-0.1, -0.05) is 0 Å². The average Bonchev–Trinajstić information content (AvgIpc) is 3.06. The molecule has 3 N–H and O–H groups in total. The van der Waals surface area contributed by atoms with E-state index < -0.39 is 0 Å². The van der Waals surface area contributed by atoms with E-state index >= 15 is 0 Å². The molecule has 0 radical (unpaired) electrons. The van der Waals surface area contributed by atoms with Crippen LogP contribution in [0, 0.1) is 0 Å². The molecule has 0 aliphatic carbocycles. The first kappa shape index (κ1) is 38.9. The fourth-order valence-corrected chi connectivity index (χ4v) is 4.90. The Balaban J connectivity index is 1.64. The van der Waals surface area contributed by atoms with Gasteiger partial charge >= 0.3 is 0 Å². The second-order valence-electron chi connectivity index (χ2n) is 13.3. The van der Waals surface area contributed by atoms with Crippen LogP contribution >= 0.6 is 0 Å². The second kappa shape index (κ2) is 18.8. The van der Waals surface area contributed by atoms with Gasteiger partial charge in [0.25, 0.3) is 0 Å². The molecule has 0 aliphatic rings. The van der Waals surface area contributed by atoms with Gasteiger partial charge in [0.05, 0.1) is 19.6 Å². The summed E-state index contributed by atoms with van der Waals surface area (Å²) in [4.78, 5) is 22.4. The highest BCUT2D eigenvalue weighted by Crippen LogP contribution is 2.26. The maximum Gasteiger partial charge on any atom is 0.126 e. The normalized spacial score (nSPS) is 12.2. The SMILES string of the molecule is CC(C)N(C)c1ccc(C=NCCN(CCN=Cc2ccc(N(C)C(C)C)cc2O)CCN=Cc2ccc(N(C)C(C)C)cc2O)c(O)c1. The average molecular weight is 672 g/mol. The van der Waals surface area contributed by atoms with Crippen molar-refractivity contribution in [3.05, 3.63) is 71.3 Å². The largest absolute Gasteiger partial charge is 0.507 e. The van der Waals surface area contributed by atoms with Crippen LogP contribution in [-0.4, -0.2) is 117 Å². The molecule has 0 aliphatic heterocycles. The van der Waals surface area contributed by atoms with Crippen LogP contribution in [0.15, 0.2) is 69.6 Å². The fraction of sp³-hybridized carbons (Fsp3) is 0.462. The molecular weight excluding hydrogens is 614 g/mol. The molecule has 49 heavy (non-hydrogen) atoms. The first-order chi connectivity index (χ1) is 23.3. The van der Waals surface area contributed by atoms with Gasteiger partial charge in [-0.3, -0.25) is 19.9 Å². The predicted octanol–water partition coefficient (Wildman–Crippen LogP) is 6.30. The molecule has 0 saturated carbocycles. The zero-order valence-corrected chi connectivity index (χ0v) is 30.9. The number of rotatable bonds is 18. The van der Waals surface area contributed by atoms with Crippen molar-refractivity contribution in [1.29, 1.82) is 0 Å². The molecule has 266 valence electrons. The number of aromatic hydroxyl groups is 3. The number of phenolic OH excluding ortho intramolecular Hbond substituents is 3. The maximum absolute atomic E-state index is 10.6. The van der Waals surface area contributed by atoms with Gasteiger partial charge in [0.15, 0.2) is 0 Å². The van der Waals surface area contributed by atoms with Crippen LogP contribution < -0.4 is 14.7 Å². The lowest BCUT2D eigenvalue weighted by Crippen LogP contribution is -2.31. The zero-order chi connectivity index (χ0) is 36.1. The molecule has 0 fully saturated rings. The van der Waals surface area contributed by atoms with E-state index in [9.17, 15) is 15.3 Å². The van der Waals surface area contributed by atoms with Crippen molar-refractivity contribution in [3.8, 4) is 17.2 Å². The van der Waals surface area contributed by atoms with Gasteiger partial charge in [0.2, 0.25) is 0 Å². The molecule has 10 nitrogen and oxygen atoms in total. The summed E-state index contributed by atoms with van der Waals surface area (Å²) in [5.41, 5.74) is 4.90. The molecule has 3 rings (SSSR count). The van der Waals surface area contributed by atoms with E-state index in [1.165, 1.54) is 0 Å². The molecule has 0 spiro atoms. The minimum atomic E-state index is 0.202. The van der Waals surface area contributed by atoms with Crippen LogP contribution in [0.25, 0.3) is 0 Å². The first-order valence-corrected chi connectivity index (χ1v) is 17.2. The zero-order valence-electron chi connectivity index (χ0n) is 30.9. The molecule has 0 aromatic heterocycles. The van der Waals surface area contributed by atoms with E-state index in [2.05, 4.69) is 76.1 Å². The van der Waals surface area contributed by atoms with Crippen LogP contribution in [-0.2, 0) is 0 Å². The van der Waals surface area contributed by atoms with Crippen molar-refractivity contribution < 1.29 is 15.3 Å². The number of hydrogen-bond donors (Lipinski definition) is 3. The van der Waals surface area contributed by atoms with E-state index in [0.717, 1.165) is 17.1 Å². The minimum Gasteiger partial charge on any atom is -0.507 e. The predicted molar refractivity (Wildman–Crippen MR) is 209 cm³/mol. The third-order valence-corrected chi connectivity index (χ3v) is 8.91. The van der Waals surface area contributed by atoms with Crippen LogP contribution in [0.3, 0.4) is 0 Å². The molecule has 0 atom stereocenters. The van der Waals surface area contributed by atoms with Crippen LogP contribution in [0.1, 0.15) is 58.2 Å². The van der Waals surface area contributed by atoms with Gasteiger partial charge in [0, 0.05) is 129 Å². The Labute approximate surface area is 293 Å². The Morgan fingerprint density at radius 2 is 0.755 bits per heavy atom. The lowest BCUT2D eigenvalue weighted by molar-refractivity contribution is 0.298. The monoisotopic (exact) mass is 671 g/mol. The van der Waals surface area contributed by atoms with E-state index in [0.29, 0.717) is 74.1 Å². The number of benzene rings is 3. The van der Waals surface area contributed by atoms with E-state index in [-0.39, 0.29) is 17.2 Å². The molecule has 3 aromatic rings. The topological polar surface area (TPSA) is 111 Å². The second-order valence-corrected chi connectivity index (χ2v) is 13.3. The van der Waals surface area contributed by atoms with Gasteiger partial charge in [0.1, 0.15) is 17.2 Å². The number of anilines is 3. The molecule has 0 amide bonds. The minimum absolute atomic E-state index is 0.202. The Morgan fingerprint density at radius 1 is 0.490 bits per heavy atom. The summed E-state index contributed by atoms with van der Waals surface area (Å²) < 4.78 is 0.